The third kappa shape index (κ3) is 9.17. The Balaban J connectivity index is 1.90. The van der Waals surface area contributed by atoms with E-state index in [2.05, 4.69) is 11.8 Å². The van der Waals surface area contributed by atoms with E-state index in [4.69, 9.17) is 23.7 Å². The number of aliphatic hydroxyl groups excluding tert-OH is 1. The minimum Gasteiger partial charge on any atom is -0.497 e. The van der Waals surface area contributed by atoms with Gasteiger partial charge in [0.1, 0.15) is 18.0 Å². The fraction of sp³-hybridized carbons (Fsp3) is 0.640. The molecular weight excluding hydrogens is 412 g/mol. The molecule has 0 radical (unpaired) electrons. The number of carbonyl (C=O) groups is 1. The van der Waals surface area contributed by atoms with Gasteiger partial charge in [-0.2, -0.15) is 0 Å². The Morgan fingerprint density at radius 1 is 1.22 bits per heavy atom. The van der Waals surface area contributed by atoms with Crippen molar-refractivity contribution in [3.63, 3.8) is 0 Å². The van der Waals surface area contributed by atoms with Gasteiger partial charge in [-0.25, -0.2) is 0 Å². The van der Waals surface area contributed by atoms with Gasteiger partial charge in [0, 0.05) is 13.0 Å². The molecule has 5 atom stereocenters. The zero-order valence-electron chi connectivity index (χ0n) is 19.5. The van der Waals surface area contributed by atoms with Crippen LogP contribution in [0.4, 0.5) is 0 Å². The van der Waals surface area contributed by atoms with Crippen LogP contribution < -0.4 is 4.74 Å². The van der Waals surface area contributed by atoms with Gasteiger partial charge in [0.05, 0.1) is 32.3 Å². The number of methoxy groups -OCH3 is 1. The second-order valence-corrected chi connectivity index (χ2v) is 7.90. The molecular formula is C25H36O7. The van der Waals surface area contributed by atoms with E-state index in [0.29, 0.717) is 19.6 Å². The summed E-state index contributed by atoms with van der Waals surface area (Å²) in [7, 11) is 1.63. The van der Waals surface area contributed by atoms with Crippen LogP contribution in [0.3, 0.4) is 0 Å². The zero-order chi connectivity index (χ0) is 23.3. The van der Waals surface area contributed by atoms with Crippen LogP contribution in [-0.4, -0.2) is 56.0 Å². The summed E-state index contributed by atoms with van der Waals surface area (Å²) in [5.74, 6) is 5.56. The third-order valence-corrected chi connectivity index (χ3v) is 5.19. The summed E-state index contributed by atoms with van der Waals surface area (Å²) in [6.45, 7) is 6.70. The molecule has 0 saturated carbocycles. The Hall–Kier alpha value is -2.11. The van der Waals surface area contributed by atoms with Crippen molar-refractivity contribution in [1.82, 2.24) is 0 Å². The standard InChI is InChI=1S/C25H36O7/c1-5-29-25(27)19(3)23(32-24-8-6-7-15-30-24)14-11-21(26)16-18(2)31-17-20-9-12-22(28-4)13-10-20/h9-10,12-13,18-19,21,23-24,26H,5-8,15-17H2,1-4H3/t18-,19?,21+,23?,24?/m0/s1. The van der Waals surface area contributed by atoms with Crippen LogP contribution in [0, 0.1) is 17.8 Å². The Bertz CT molecular complexity index is 731. The first-order valence-corrected chi connectivity index (χ1v) is 11.3. The van der Waals surface area contributed by atoms with Crippen LogP contribution >= 0.6 is 0 Å². The Morgan fingerprint density at radius 3 is 2.59 bits per heavy atom. The number of benzene rings is 1. The van der Waals surface area contributed by atoms with Crippen LogP contribution in [0.15, 0.2) is 24.3 Å². The van der Waals surface area contributed by atoms with Gasteiger partial charge in [-0.1, -0.05) is 24.0 Å². The maximum atomic E-state index is 12.2. The SMILES string of the molecule is CCOC(=O)C(C)C(C#C[C@@H](O)C[C@H](C)OCc1ccc(OC)cc1)OC1CCCCO1. The van der Waals surface area contributed by atoms with Crippen molar-refractivity contribution >= 4 is 5.97 Å². The van der Waals surface area contributed by atoms with E-state index in [1.165, 1.54) is 0 Å². The largest absolute Gasteiger partial charge is 0.497 e. The molecule has 178 valence electrons. The lowest BCUT2D eigenvalue weighted by molar-refractivity contribution is -0.190. The van der Waals surface area contributed by atoms with Gasteiger partial charge < -0.3 is 28.8 Å². The molecule has 1 saturated heterocycles. The van der Waals surface area contributed by atoms with Crippen LogP contribution in [0.2, 0.25) is 0 Å². The first-order valence-electron chi connectivity index (χ1n) is 11.3. The van der Waals surface area contributed by atoms with Crippen molar-refractivity contribution in [2.45, 2.75) is 77.7 Å². The lowest BCUT2D eigenvalue weighted by Crippen LogP contribution is -2.35. The molecule has 7 heteroatoms. The summed E-state index contributed by atoms with van der Waals surface area (Å²) in [6, 6.07) is 7.64. The Morgan fingerprint density at radius 2 is 1.97 bits per heavy atom. The minimum absolute atomic E-state index is 0.204. The maximum absolute atomic E-state index is 12.2. The van der Waals surface area contributed by atoms with Crippen LogP contribution in [0.1, 0.15) is 52.0 Å². The molecule has 32 heavy (non-hydrogen) atoms. The number of hydrogen-bond acceptors (Lipinski definition) is 7. The molecule has 1 aromatic carbocycles. The average Bonchev–Trinajstić information content (AvgIpc) is 2.81. The summed E-state index contributed by atoms with van der Waals surface area (Å²) in [4.78, 5) is 12.2. The highest BCUT2D eigenvalue weighted by molar-refractivity contribution is 5.73. The predicted octanol–water partition coefficient (Wildman–Crippen LogP) is 3.47. The Labute approximate surface area is 191 Å². The number of hydrogen-bond donors (Lipinski definition) is 1. The lowest BCUT2D eigenvalue weighted by Gasteiger charge is -2.27. The van der Waals surface area contributed by atoms with Crippen molar-refractivity contribution in [2.24, 2.45) is 5.92 Å². The second-order valence-electron chi connectivity index (χ2n) is 7.90. The van der Waals surface area contributed by atoms with Gasteiger partial charge in [-0.3, -0.25) is 4.79 Å². The molecule has 1 fully saturated rings. The number of carbonyl (C=O) groups excluding carboxylic acids is 1. The normalized spacial score (nSPS) is 19.7. The highest BCUT2D eigenvalue weighted by Gasteiger charge is 2.28. The van der Waals surface area contributed by atoms with E-state index in [1.54, 1.807) is 21.0 Å². The summed E-state index contributed by atoms with van der Waals surface area (Å²) in [5.41, 5.74) is 1.02. The molecule has 1 N–H and O–H groups in total. The molecule has 0 amide bonds. The van der Waals surface area contributed by atoms with Crippen molar-refractivity contribution < 1.29 is 33.6 Å². The molecule has 2 rings (SSSR count). The smallest absolute Gasteiger partial charge is 0.312 e. The van der Waals surface area contributed by atoms with E-state index in [0.717, 1.165) is 30.6 Å². The van der Waals surface area contributed by atoms with Gasteiger partial charge in [0.2, 0.25) is 0 Å². The van der Waals surface area contributed by atoms with Gasteiger partial charge in [-0.15, -0.1) is 0 Å². The fourth-order valence-corrected chi connectivity index (χ4v) is 3.24. The van der Waals surface area contributed by atoms with E-state index >= 15 is 0 Å². The molecule has 0 spiro atoms. The van der Waals surface area contributed by atoms with Crippen LogP contribution in [-0.2, 0) is 30.3 Å². The van der Waals surface area contributed by atoms with E-state index < -0.39 is 24.4 Å². The molecule has 1 aliphatic heterocycles. The van der Waals surface area contributed by atoms with Crippen molar-refractivity contribution in [1.29, 1.82) is 0 Å². The first-order chi connectivity index (χ1) is 15.4. The average molecular weight is 449 g/mol. The molecule has 0 aliphatic carbocycles. The van der Waals surface area contributed by atoms with Gasteiger partial charge in [0.15, 0.2) is 6.29 Å². The molecule has 1 heterocycles. The molecule has 3 unspecified atom stereocenters. The number of aliphatic hydroxyl groups is 1. The lowest BCUT2D eigenvalue weighted by atomic mass is 10.0. The molecule has 0 bridgehead atoms. The minimum atomic E-state index is -0.909. The summed E-state index contributed by atoms with van der Waals surface area (Å²) >= 11 is 0. The fourth-order valence-electron chi connectivity index (χ4n) is 3.24. The quantitative estimate of drug-likeness (QED) is 0.410. The molecule has 1 aliphatic rings. The second kappa shape index (κ2) is 14.1. The molecule has 7 nitrogen and oxygen atoms in total. The number of esters is 1. The number of ether oxygens (including phenoxy) is 5. The van der Waals surface area contributed by atoms with E-state index in [1.807, 2.05) is 31.2 Å². The summed E-state index contributed by atoms with van der Waals surface area (Å²) < 4.78 is 27.7. The Kier molecular flexibility index (Phi) is 11.5. The van der Waals surface area contributed by atoms with Crippen LogP contribution in [0.5, 0.6) is 5.75 Å². The summed E-state index contributed by atoms with van der Waals surface area (Å²) in [6.07, 6.45) is 0.863. The van der Waals surface area contributed by atoms with E-state index in [-0.39, 0.29) is 18.7 Å². The van der Waals surface area contributed by atoms with Crippen molar-refractivity contribution in [3.05, 3.63) is 29.8 Å². The third-order valence-electron chi connectivity index (χ3n) is 5.19. The number of rotatable bonds is 11. The van der Waals surface area contributed by atoms with Gasteiger partial charge in [-0.05, 0) is 57.7 Å². The van der Waals surface area contributed by atoms with Crippen LogP contribution in [0.25, 0.3) is 0 Å². The highest BCUT2D eigenvalue weighted by Crippen LogP contribution is 2.19. The van der Waals surface area contributed by atoms with Crippen molar-refractivity contribution in [2.75, 3.05) is 20.3 Å². The van der Waals surface area contributed by atoms with Crippen molar-refractivity contribution in [3.8, 4) is 17.6 Å². The maximum Gasteiger partial charge on any atom is 0.312 e. The van der Waals surface area contributed by atoms with E-state index in [9.17, 15) is 9.90 Å². The monoisotopic (exact) mass is 448 g/mol. The summed E-state index contributed by atoms with van der Waals surface area (Å²) in [5, 5.41) is 10.4. The van der Waals surface area contributed by atoms with Gasteiger partial charge >= 0.3 is 5.97 Å². The zero-order valence-corrected chi connectivity index (χ0v) is 19.5. The first kappa shape index (κ1) is 26.1. The van der Waals surface area contributed by atoms with Gasteiger partial charge in [0.25, 0.3) is 0 Å². The topological polar surface area (TPSA) is 83.5 Å². The predicted molar refractivity (Wildman–Crippen MR) is 120 cm³/mol. The molecule has 0 aromatic heterocycles. The highest BCUT2D eigenvalue weighted by atomic mass is 16.7. The molecule has 1 aromatic rings.